The van der Waals surface area contributed by atoms with E-state index in [1.165, 1.54) is 13.8 Å². The number of epoxide rings is 1. The van der Waals surface area contributed by atoms with Crippen molar-refractivity contribution >= 4 is 17.9 Å². The van der Waals surface area contributed by atoms with Crippen LogP contribution in [-0.2, 0) is 30.3 Å². The van der Waals surface area contributed by atoms with Crippen LogP contribution in [-0.4, -0.2) is 29.6 Å². The van der Waals surface area contributed by atoms with Crippen molar-refractivity contribution in [2.75, 3.05) is 0 Å². The summed E-state index contributed by atoms with van der Waals surface area (Å²) in [5.74, 6) is -0.712. The molecule has 3 atom stereocenters. The van der Waals surface area contributed by atoms with Gasteiger partial charge in [0.15, 0.2) is 11.7 Å². The van der Waals surface area contributed by atoms with Gasteiger partial charge in [-0.1, -0.05) is 11.6 Å². The minimum absolute atomic E-state index is 0.283. The van der Waals surface area contributed by atoms with Crippen molar-refractivity contribution in [3.63, 3.8) is 0 Å². The summed E-state index contributed by atoms with van der Waals surface area (Å²) in [6.45, 7) is 4.59. The molecule has 27 heavy (non-hydrogen) atoms. The molecule has 0 spiro atoms. The molecule has 2 heterocycles. The average molecular weight is 372 g/mol. The second-order valence-corrected chi connectivity index (χ2v) is 7.16. The summed E-state index contributed by atoms with van der Waals surface area (Å²) in [5.41, 5.74) is 1.30. The van der Waals surface area contributed by atoms with Crippen molar-refractivity contribution in [1.82, 2.24) is 0 Å². The van der Waals surface area contributed by atoms with Crippen molar-refractivity contribution in [3.8, 4) is 11.5 Å². The van der Waals surface area contributed by atoms with Crippen LogP contribution in [0.25, 0.3) is 0 Å². The monoisotopic (exact) mass is 372 g/mol. The Morgan fingerprint density at radius 3 is 2.48 bits per heavy atom. The smallest absolute Gasteiger partial charge is 0.342 e. The molecule has 1 aliphatic carbocycles. The van der Waals surface area contributed by atoms with E-state index in [1.807, 2.05) is 13.0 Å². The number of allylic oxidation sites excluding steroid dienone is 2. The van der Waals surface area contributed by atoms with Gasteiger partial charge in [0, 0.05) is 25.0 Å². The molecule has 7 nitrogen and oxygen atoms in total. The zero-order valence-corrected chi connectivity index (χ0v) is 15.4. The Morgan fingerprint density at radius 2 is 1.81 bits per heavy atom. The highest BCUT2D eigenvalue weighted by Gasteiger charge is 2.73. The lowest BCUT2D eigenvalue weighted by atomic mass is 9.88. The highest BCUT2D eigenvalue weighted by Crippen LogP contribution is 2.58. The lowest BCUT2D eigenvalue weighted by Gasteiger charge is -2.22. The quantitative estimate of drug-likeness (QED) is 0.341. The SMILES string of the molecule is CC(=O)Oc1ccc(OC(C)=O)c2c1C/C(C)=C/CCC13OC1C2OC3=O. The highest BCUT2D eigenvalue weighted by molar-refractivity contribution is 5.87. The van der Waals surface area contributed by atoms with Crippen LogP contribution < -0.4 is 9.47 Å². The Kier molecular flexibility index (Phi) is 4.07. The second kappa shape index (κ2) is 6.20. The third-order valence-electron chi connectivity index (χ3n) is 5.12. The number of esters is 3. The fraction of sp³-hybridized carbons (Fsp3) is 0.450. The molecule has 0 amide bonds. The van der Waals surface area contributed by atoms with Gasteiger partial charge in [-0.15, -0.1) is 0 Å². The summed E-state index contributed by atoms with van der Waals surface area (Å²) >= 11 is 0. The maximum absolute atomic E-state index is 12.5. The zero-order chi connectivity index (χ0) is 19.3. The molecule has 4 rings (SSSR count). The summed E-state index contributed by atoms with van der Waals surface area (Å²) < 4.78 is 22.2. The van der Waals surface area contributed by atoms with Gasteiger partial charge >= 0.3 is 17.9 Å². The number of hydrogen-bond donors (Lipinski definition) is 0. The summed E-state index contributed by atoms with van der Waals surface area (Å²) in [6.07, 6.45) is 2.61. The van der Waals surface area contributed by atoms with E-state index in [9.17, 15) is 14.4 Å². The molecule has 142 valence electrons. The van der Waals surface area contributed by atoms with Gasteiger partial charge in [-0.3, -0.25) is 9.59 Å². The first-order valence-electron chi connectivity index (χ1n) is 8.89. The summed E-state index contributed by atoms with van der Waals surface area (Å²) in [4.78, 5) is 35.7. The van der Waals surface area contributed by atoms with Crippen LogP contribution in [0.5, 0.6) is 11.5 Å². The van der Waals surface area contributed by atoms with Gasteiger partial charge in [0.2, 0.25) is 0 Å². The van der Waals surface area contributed by atoms with Gasteiger partial charge in [-0.05, 0) is 38.3 Å². The molecule has 7 heteroatoms. The molecule has 0 radical (unpaired) electrons. The van der Waals surface area contributed by atoms with Crippen molar-refractivity contribution < 1.29 is 33.3 Å². The van der Waals surface area contributed by atoms with Crippen molar-refractivity contribution in [3.05, 3.63) is 34.9 Å². The van der Waals surface area contributed by atoms with E-state index in [-0.39, 0.29) is 5.75 Å². The number of carbonyl (C=O) groups is 3. The Balaban J connectivity index is 1.91. The van der Waals surface area contributed by atoms with Crippen LogP contribution in [0.2, 0.25) is 0 Å². The van der Waals surface area contributed by atoms with Crippen molar-refractivity contribution in [2.45, 2.75) is 57.8 Å². The number of ether oxygens (including phenoxy) is 4. The molecule has 2 bridgehead atoms. The number of benzene rings is 1. The van der Waals surface area contributed by atoms with Crippen molar-refractivity contribution in [1.29, 1.82) is 0 Å². The molecule has 0 N–H and O–H groups in total. The summed E-state index contributed by atoms with van der Waals surface area (Å²) in [6, 6.07) is 3.15. The average Bonchev–Trinajstić information content (AvgIpc) is 3.24. The fourth-order valence-electron chi connectivity index (χ4n) is 3.95. The Labute approximate surface area is 156 Å². The minimum Gasteiger partial charge on any atom is -0.452 e. The predicted octanol–water partition coefficient (Wildman–Crippen LogP) is 2.56. The number of carbonyl (C=O) groups excluding carboxylic acids is 3. The number of hydrogen-bond acceptors (Lipinski definition) is 7. The van der Waals surface area contributed by atoms with Crippen LogP contribution >= 0.6 is 0 Å². The largest absolute Gasteiger partial charge is 0.452 e. The van der Waals surface area contributed by atoms with Gasteiger partial charge < -0.3 is 18.9 Å². The van der Waals surface area contributed by atoms with Crippen molar-refractivity contribution in [2.24, 2.45) is 0 Å². The molecule has 0 saturated carbocycles. The first-order chi connectivity index (χ1) is 12.8. The van der Waals surface area contributed by atoms with Gasteiger partial charge in [-0.2, -0.15) is 0 Å². The lowest BCUT2D eigenvalue weighted by molar-refractivity contribution is -0.154. The summed E-state index contributed by atoms with van der Waals surface area (Å²) in [5, 5.41) is 0. The standard InChI is InChI=1S/C20H20O7/c1-10-5-4-8-20-18(27-20)17(26-19(20)23)16-13(9-10)14(24-11(2)21)6-7-15(16)25-12(3)22/h5-7,17-18H,4,8-9H2,1-3H3/b10-5+. The van der Waals surface area contributed by atoms with E-state index in [1.54, 1.807) is 12.1 Å². The van der Waals surface area contributed by atoms with Crippen LogP contribution in [0.3, 0.4) is 0 Å². The molecular weight excluding hydrogens is 352 g/mol. The lowest BCUT2D eigenvalue weighted by Crippen LogP contribution is -2.22. The van der Waals surface area contributed by atoms with Gasteiger partial charge in [0.1, 0.15) is 17.6 Å². The molecule has 1 aromatic rings. The maximum Gasteiger partial charge on any atom is 0.342 e. The molecule has 3 aliphatic rings. The zero-order valence-electron chi connectivity index (χ0n) is 15.4. The minimum atomic E-state index is -0.930. The van der Waals surface area contributed by atoms with Crippen LogP contribution in [0.15, 0.2) is 23.8 Å². The Hall–Kier alpha value is -2.67. The van der Waals surface area contributed by atoms with E-state index in [0.717, 1.165) is 5.57 Å². The second-order valence-electron chi connectivity index (χ2n) is 7.16. The first-order valence-corrected chi connectivity index (χ1v) is 8.89. The van der Waals surface area contributed by atoms with Gasteiger partial charge in [0.25, 0.3) is 0 Å². The van der Waals surface area contributed by atoms with E-state index in [4.69, 9.17) is 18.9 Å². The number of fused-ring (bicyclic) bond motifs is 2. The van der Waals surface area contributed by atoms with Gasteiger partial charge in [0.05, 0.1) is 0 Å². The highest BCUT2D eigenvalue weighted by atomic mass is 16.7. The Morgan fingerprint density at radius 1 is 1.15 bits per heavy atom. The fourth-order valence-corrected chi connectivity index (χ4v) is 3.95. The molecule has 1 aromatic carbocycles. The van der Waals surface area contributed by atoms with E-state index in [0.29, 0.717) is 36.1 Å². The third-order valence-corrected chi connectivity index (χ3v) is 5.12. The molecule has 0 aromatic heterocycles. The van der Waals surface area contributed by atoms with Gasteiger partial charge in [-0.25, -0.2) is 4.79 Å². The first kappa shape index (κ1) is 17.7. The van der Waals surface area contributed by atoms with Crippen LogP contribution in [0.1, 0.15) is 50.8 Å². The molecule has 2 aliphatic heterocycles. The van der Waals surface area contributed by atoms with E-state index < -0.39 is 35.7 Å². The van der Waals surface area contributed by atoms with E-state index in [2.05, 4.69) is 0 Å². The molecule has 2 fully saturated rings. The molecule has 3 unspecified atom stereocenters. The Bertz CT molecular complexity index is 885. The summed E-state index contributed by atoms with van der Waals surface area (Å²) in [7, 11) is 0. The predicted molar refractivity (Wildman–Crippen MR) is 92.2 cm³/mol. The normalized spacial score (nSPS) is 30.2. The van der Waals surface area contributed by atoms with Crippen LogP contribution in [0.4, 0.5) is 0 Å². The molecular formula is C20H20O7. The maximum atomic E-state index is 12.5. The van der Waals surface area contributed by atoms with E-state index >= 15 is 0 Å². The topological polar surface area (TPSA) is 91.4 Å². The third kappa shape index (κ3) is 2.92. The number of rotatable bonds is 2. The van der Waals surface area contributed by atoms with Crippen LogP contribution in [0, 0.1) is 0 Å². The molecule has 2 saturated heterocycles.